The number of hydrogen-bond acceptors (Lipinski definition) is 4. The average Bonchev–Trinajstić information content (AvgIpc) is 2.67. The van der Waals surface area contributed by atoms with Gasteiger partial charge in [-0.05, 0) is 12.1 Å². The van der Waals surface area contributed by atoms with E-state index in [1.807, 2.05) is 18.2 Å². The molecule has 0 spiro atoms. The van der Waals surface area contributed by atoms with Crippen molar-refractivity contribution < 1.29 is 9.53 Å². The van der Waals surface area contributed by atoms with Gasteiger partial charge in [0.25, 0.3) is 0 Å². The zero-order valence-electron chi connectivity index (χ0n) is 9.05. The lowest BCUT2D eigenvalue weighted by molar-refractivity contribution is 0.0593. The van der Waals surface area contributed by atoms with Crippen molar-refractivity contribution in [2.24, 2.45) is 0 Å². The number of carbonyl (C=O) groups excluding carboxylic acids is 1. The fraction of sp³-hybridized carbons (Fsp3) is 0.0909. The summed E-state index contributed by atoms with van der Waals surface area (Å²) in [5, 5.41) is 4.13. The summed E-state index contributed by atoms with van der Waals surface area (Å²) in [6, 6.07) is 9.15. The maximum atomic E-state index is 11.4. The minimum Gasteiger partial charge on any atom is -0.464 e. The van der Waals surface area contributed by atoms with E-state index < -0.39 is 5.97 Å². The fourth-order valence-corrected chi connectivity index (χ4v) is 1.60. The summed E-state index contributed by atoms with van der Waals surface area (Å²) >= 11 is 5.93. The summed E-state index contributed by atoms with van der Waals surface area (Å²) in [6.45, 7) is 0. The van der Waals surface area contributed by atoms with Crippen molar-refractivity contribution >= 4 is 23.4 Å². The first-order chi connectivity index (χ1) is 8.15. The molecule has 2 N–H and O–H groups in total. The van der Waals surface area contributed by atoms with Gasteiger partial charge in [-0.2, -0.15) is 5.10 Å². The van der Waals surface area contributed by atoms with Crippen LogP contribution in [0.15, 0.2) is 30.3 Å². The Kier molecular flexibility index (Phi) is 3.01. The molecule has 0 bridgehead atoms. The van der Waals surface area contributed by atoms with Gasteiger partial charge >= 0.3 is 5.97 Å². The first kappa shape index (κ1) is 11.5. The van der Waals surface area contributed by atoms with Gasteiger partial charge in [0.1, 0.15) is 10.8 Å². The van der Waals surface area contributed by atoms with Crippen molar-refractivity contribution in [1.82, 2.24) is 9.78 Å². The van der Waals surface area contributed by atoms with Crippen molar-refractivity contribution in [2.75, 3.05) is 12.8 Å². The van der Waals surface area contributed by atoms with E-state index in [-0.39, 0.29) is 16.5 Å². The monoisotopic (exact) mass is 251 g/mol. The molecule has 0 radical (unpaired) electrons. The molecule has 0 aliphatic rings. The van der Waals surface area contributed by atoms with E-state index in [0.29, 0.717) is 0 Å². The van der Waals surface area contributed by atoms with E-state index in [0.717, 1.165) is 5.69 Å². The van der Waals surface area contributed by atoms with Gasteiger partial charge in [0, 0.05) is 0 Å². The third kappa shape index (κ3) is 1.97. The van der Waals surface area contributed by atoms with Gasteiger partial charge in [-0.3, -0.25) is 0 Å². The number of aromatic nitrogens is 2. The maximum Gasteiger partial charge on any atom is 0.360 e. The number of rotatable bonds is 2. The zero-order valence-corrected chi connectivity index (χ0v) is 9.81. The summed E-state index contributed by atoms with van der Waals surface area (Å²) < 4.78 is 5.96. The number of esters is 1. The van der Waals surface area contributed by atoms with Gasteiger partial charge in [0.15, 0.2) is 5.69 Å². The highest BCUT2D eigenvalue weighted by atomic mass is 35.5. The Hall–Kier alpha value is -2.01. The lowest BCUT2D eigenvalue weighted by Gasteiger charge is -2.02. The largest absolute Gasteiger partial charge is 0.464 e. The topological polar surface area (TPSA) is 70.1 Å². The Morgan fingerprint density at radius 2 is 2.06 bits per heavy atom. The number of anilines is 1. The predicted octanol–water partition coefficient (Wildman–Crippen LogP) is 1.89. The Bertz CT molecular complexity index is 551. The molecule has 1 heterocycles. The summed E-state index contributed by atoms with van der Waals surface area (Å²) in [5.41, 5.74) is 6.52. The number of nitrogen functional groups attached to an aromatic ring is 1. The number of hydrogen-bond donors (Lipinski definition) is 1. The average molecular weight is 252 g/mol. The smallest absolute Gasteiger partial charge is 0.360 e. The van der Waals surface area contributed by atoms with Crippen LogP contribution in [0.25, 0.3) is 5.69 Å². The van der Waals surface area contributed by atoms with Gasteiger partial charge in [-0.25, -0.2) is 9.48 Å². The van der Waals surface area contributed by atoms with Crippen LogP contribution in [0.4, 0.5) is 5.82 Å². The Morgan fingerprint density at radius 1 is 1.41 bits per heavy atom. The molecular formula is C11H10ClN3O2. The number of methoxy groups -OCH3 is 1. The molecule has 17 heavy (non-hydrogen) atoms. The number of ether oxygens (including phenoxy) is 1. The van der Waals surface area contributed by atoms with Crippen molar-refractivity contribution in [3.05, 3.63) is 41.0 Å². The molecule has 0 atom stereocenters. The molecule has 0 saturated carbocycles. The van der Waals surface area contributed by atoms with Crippen molar-refractivity contribution in [1.29, 1.82) is 0 Å². The highest BCUT2D eigenvalue weighted by Gasteiger charge is 2.21. The molecule has 0 aliphatic carbocycles. The highest BCUT2D eigenvalue weighted by Crippen LogP contribution is 2.26. The van der Waals surface area contributed by atoms with Crippen LogP contribution in [0.1, 0.15) is 10.5 Å². The predicted molar refractivity (Wildman–Crippen MR) is 64.3 cm³/mol. The van der Waals surface area contributed by atoms with Crippen LogP contribution in [0.5, 0.6) is 0 Å². The molecule has 0 saturated heterocycles. The van der Waals surface area contributed by atoms with Crippen LogP contribution in [-0.2, 0) is 4.74 Å². The van der Waals surface area contributed by atoms with Gasteiger partial charge in [0.2, 0.25) is 0 Å². The molecule has 6 heteroatoms. The van der Waals surface area contributed by atoms with Crippen LogP contribution in [-0.4, -0.2) is 22.9 Å². The minimum absolute atomic E-state index is 0.00974. The third-order valence-electron chi connectivity index (χ3n) is 2.24. The summed E-state index contributed by atoms with van der Waals surface area (Å²) in [7, 11) is 1.26. The van der Waals surface area contributed by atoms with Gasteiger partial charge < -0.3 is 10.5 Å². The van der Waals surface area contributed by atoms with E-state index in [1.54, 1.807) is 12.1 Å². The molecule has 0 aliphatic heterocycles. The van der Waals surface area contributed by atoms with Crippen LogP contribution in [0.2, 0.25) is 5.02 Å². The van der Waals surface area contributed by atoms with E-state index >= 15 is 0 Å². The van der Waals surface area contributed by atoms with E-state index in [1.165, 1.54) is 11.8 Å². The second kappa shape index (κ2) is 4.47. The van der Waals surface area contributed by atoms with Crippen LogP contribution in [0, 0.1) is 0 Å². The molecule has 5 nitrogen and oxygen atoms in total. The number of carbonyl (C=O) groups is 1. The molecule has 2 aromatic rings. The van der Waals surface area contributed by atoms with E-state index in [4.69, 9.17) is 17.3 Å². The molecule has 88 valence electrons. The number of para-hydroxylation sites is 1. The number of benzene rings is 1. The third-order valence-corrected chi connectivity index (χ3v) is 2.61. The number of halogens is 1. The standard InChI is InChI=1S/C11H10ClN3O2/c1-17-11(16)9-8(12)10(13)15(14-9)7-5-3-2-4-6-7/h2-6H,13H2,1H3. The highest BCUT2D eigenvalue weighted by molar-refractivity contribution is 6.35. The molecule has 2 rings (SSSR count). The summed E-state index contributed by atoms with van der Waals surface area (Å²) in [4.78, 5) is 11.4. The second-order valence-electron chi connectivity index (χ2n) is 3.29. The first-order valence-corrected chi connectivity index (χ1v) is 5.20. The second-order valence-corrected chi connectivity index (χ2v) is 3.66. The Balaban J connectivity index is 2.54. The molecular weight excluding hydrogens is 242 g/mol. The van der Waals surface area contributed by atoms with E-state index in [9.17, 15) is 4.79 Å². The van der Waals surface area contributed by atoms with Crippen LogP contribution >= 0.6 is 11.6 Å². The minimum atomic E-state index is -0.614. The molecule has 1 aromatic carbocycles. The normalized spacial score (nSPS) is 10.2. The Labute approximate surface area is 103 Å². The SMILES string of the molecule is COC(=O)c1nn(-c2ccccc2)c(N)c1Cl. The van der Waals surface area contributed by atoms with Crippen molar-refractivity contribution in [3.8, 4) is 5.69 Å². The van der Waals surface area contributed by atoms with Crippen molar-refractivity contribution in [2.45, 2.75) is 0 Å². The molecule has 1 aromatic heterocycles. The summed E-state index contributed by atoms with van der Waals surface area (Å²) in [6.07, 6.45) is 0. The molecule has 0 unspecified atom stereocenters. The van der Waals surface area contributed by atoms with Gasteiger partial charge in [-0.1, -0.05) is 29.8 Å². The van der Waals surface area contributed by atoms with Crippen molar-refractivity contribution in [3.63, 3.8) is 0 Å². The van der Waals surface area contributed by atoms with Crippen LogP contribution in [0.3, 0.4) is 0 Å². The van der Waals surface area contributed by atoms with Gasteiger partial charge in [0.05, 0.1) is 12.8 Å². The first-order valence-electron chi connectivity index (χ1n) is 4.83. The van der Waals surface area contributed by atoms with Gasteiger partial charge in [-0.15, -0.1) is 0 Å². The van der Waals surface area contributed by atoms with E-state index in [2.05, 4.69) is 9.84 Å². The quantitative estimate of drug-likeness (QED) is 0.828. The molecule has 0 fully saturated rings. The lowest BCUT2D eigenvalue weighted by Crippen LogP contribution is -2.05. The maximum absolute atomic E-state index is 11.4. The molecule has 0 amide bonds. The fourth-order valence-electron chi connectivity index (χ4n) is 1.41. The number of nitrogens with two attached hydrogens (primary N) is 1. The van der Waals surface area contributed by atoms with Crippen LogP contribution < -0.4 is 5.73 Å². The zero-order chi connectivity index (χ0) is 12.4. The number of nitrogens with zero attached hydrogens (tertiary/aromatic N) is 2. The summed E-state index contributed by atoms with van der Waals surface area (Å²) in [5.74, 6) is -0.408. The lowest BCUT2D eigenvalue weighted by atomic mass is 10.3. The Morgan fingerprint density at radius 3 is 2.65 bits per heavy atom.